The van der Waals surface area contributed by atoms with E-state index in [1.165, 1.54) is 6.42 Å². The molecule has 0 amide bonds. The van der Waals surface area contributed by atoms with E-state index in [-0.39, 0.29) is 11.0 Å². The lowest BCUT2D eigenvalue weighted by Crippen LogP contribution is -2.38. The summed E-state index contributed by atoms with van der Waals surface area (Å²) in [6, 6.07) is 0. The van der Waals surface area contributed by atoms with E-state index in [2.05, 4.69) is 27.7 Å². The Morgan fingerprint density at radius 1 is 1.44 bits per heavy atom. The summed E-state index contributed by atoms with van der Waals surface area (Å²) in [4.78, 5) is 0. The van der Waals surface area contributed by atoms with Crippen LogP contribution in [0, 0.1) is 5.92 Å². The van der Waals surface area contributed by atoms with Gasteiger partial charge < -0.3 is 11.2 Å². The molecule has 4 N–H and O–H groups in total. The molecule has 9 heavy (non-hydrogen) atoms. The summed E-state index contributed by atoms with van der Waals surface area (Å²) >= 11 is 0. The highest BCUT2D eigenvalue weighted by atomic mass is 16.0. The lowest BCUT2D eigenvalue weighted by molar-refractivity contribution is 0.337. The first-order valence-electron chi connectivity index (χ1n) is 3.27. The zero-order valence-electron chi connectivity index (χ0n) is 6.86. The molecule has 58 valence electrons. The van der Waals surface area contributed by atoms with Crippen LogP contribution < -0.4 is 5.73 Å². The fourth-order valence-electron chi connectivity index (χ4n) is 0.526. The van der Waals surface area contributed by atoms with Gasteiger partial charge in [0, 0.05) is 5.54 Å². The second-order valence-corrected chi connectivity index (χ2v) is 3.13. The smallest absolute Gasteiger partial charge is 0.0123 e. The third kappa shape index (κ3) is 4.43. The monoisotopic (exact) mass is 133 g/mol. The van der Waals surface area contributed by atoms with Gasteiger partial charge in [-0.3, -0.25) is 0 Å². The predicted molar refractivity (Wildman–Crippen MR) is 41.3 cm³/mol. The minimum atomic E-state index is 0. The second-order valence-electron chi connectivity index (χ2n) is 3.13. The molecule has 0 radical (unpaired) electrons. The fraction of sp³-hybridized carbons (Fsp3) is 1.00. The summed E-state index contributed by atoms with van der Waals surface area (Å²) in [6.07, 6.45) is 1.17. The molecule has 0 aromatic rings. The van der Waals surface area contributed by atoms with Gasteiger partial charge in [-0.05, 0) is 19.8 Å². The minimum Gasteiger partial charge on any atom is -0.412 e. The van der Waals surface area contributed by atoms with Crippen LogP contribution >= 0.6 is 0 Å². The molecule has 0 aliphatic rings. The first-order chi connectivity index (χ1) is 3.48. The van der Waals surface area contributed by atoms with Crippen LogP contribution in [0.5, 0.6) is 0 Å². The molecule has 0 spiro atoms. The molecular formula is C7H19NO. The van der Waals surface area contributed by atoms with E-state index in [1.807, 2.05) is 0 Å². The zero-order valence-corrected chi connectivity index (χ0v) is 6.86. The molecule has 0 aliphatic heterocycles. The maximum absolute atomic E-state index is 5.79. The standard InChI is InChI=1S/C7H17N.H2O/c1-5-6(2)7(3,4)8;/h6H,5,8H2,1-4H3;1H2. The van der Waals surface area contributed by atoms with Crippen molar-refractivity contribution in [2.24, 2.45) is 11.7 Å². The molecule has 1 unspecified atom stereocenters. The number of nitrogens with two attached hydrogens (primary N) is 1. The third-order valence-electron chi connectivity index (χ3n) is 1.88. The first kappa shape index (κ1) is 11.7. The summed E-state index contributed by atoms with van der Waals surface area (Å²) in [6.45, 7) is 8.49. The molecule has 0 saturated carbocycles. The Morgan fingerprint density at radius 2 is 1.78 bits per heavy atom. The molecule has 0 bridgehead atoms. The lowest BCUT2D eigenvalue weighted by Gasteiger charge is -2.25. The maximum atomic E-state index is 5.79. The van der Waals surface area contributed by atoms with Crippen LogP contribution in [0.3, 0.4) is 0 Å². The van der Waals surface area contributed by atoms with Crippen LogP contribution in [0.1, 0.15) is 34.1 Å². The summed E-state index contributed by atoms with van der Waals surface area (Å²) in [5.41, 5.74) is 5.80. The predicted octanol–water partition coefficient (Wildman–Crippen LogP) is 0.945. The molecule has 0 rings (SSSR count). The lowest BCUT2D eigenvalue weighted by atomic mass is 9.88. The molecule has 2 nitrogen and oxygen atoms in total. The van der Waals surface area contributed by atoms with Gasteiger partial charge in [0.2, 0.25) is 0 Å². The quantitative estimate of drug-likeness (QED) is 0.599. The molecule has 0 aromatic carbocycles. The molecular weight excluding hydrogens is 114 g/mol. The van der Waals surface area contributed by atoms with Crippen LogP contribution in [0.25, 0.3) is 0 Å². The van der Waals surface area contributed by atoms with Gasteiger partial charge in [-0.25, -0.2) is 0 Å². The van der Waals surface area contributed by atoms with Crippen LogP contribution in [-0.2, 0) is 0 Å². The summed E-state index contributed by atoms with van der Waals surface area (Å²) in [5, 5.41) is 0. The molecule has 0 aliphatic carbocycles. The highest BCUT2D eigenvalue weighted by molar-refractivity contribution is 4.77. The van der Waals surface area contributed by atoms with Crippen molar-refractivity contribution in [2.45, 2.75) is 39.7 Å². The van der Waals surface area contributed by atoms with Gasteiger partial charge in [0.15, 0.2) is 0 Å². The summed E-state index contributed by atoms with van der Waals surface area (Å²) in [5.74, 6) is 0.627. The van der Waals surface area contributed by atoms with Gasteiger partial charge in [0.05, 0.1) is 0 Å². The van der Waals surface area contributed by atoms with Crippen molar-refractivity contribution in [2.75, 3.05) is 0 Å². The van der Waals surface area contributed by atoms with E-state index in [1.54, 1.807) is 0 Å². The Labute approximate surface area is 57.7 Å². The van der Waals surface area contributed by atoms with Crippen molar-refractivity contribution in [3.05, 3.63) is 0 Å². The number of hydrogen-bond acceptors (Lipinski definition) is 1. The largest absolute Gasteiger partial charge is 0.412 e. The SMILES string of the molecule is CCC(C)C(C)(C)N.O. The highest BCUT2D eigenvalue weighted by Gasteiger charge is 2.17. The fourth-order valence-corrected chi connectivity index (χ4v) is 0.526. The van der Waals surface area contributed by atoms with Crippen LogP contribution in [0.4, 0.5) is 0 Å². The average Bonchev–Trinajstić information content (AvgIpc) is 1.62. The Morgan fingerprint density at radius 3 is 1.78 bits per heavy atom. The molecule has 0 aromatic heterocycles. The van der Waals surface area contributed by atoms with Gasteiger partial charge in [0.25, 0.3) is 0 Å². The first-order valence-corrected chi connectivity index (χ1v) is 3.27. The van der Waals surface area contributed by atoms with Gasteiger partial charge >= 0.3 is 0 Å². The average molecular weight is 133 g/mol. The van der Waals surface area contributed by atoms with Crippen LogP contribution in [0.2, 0.25) is 0 Å². The van der Waals surface area contributed by atoms with E-state index in [4.69, 9.17) is 5.73 Å². The van der Waals surface area contributed by atoms with Crippen molar-refractivity contribution in [1.82, 2.24) is 0 Å². The topological polar surface area (TPSA) is 57.5 Å². The van der Waals surface area contributed by atoms with E-state index >= 15 is 0 Å². The maximum Gasteiger partial charge on any atom is 0.0123 e. The van der Waals surface area contributed by atoms with Crippen LogP contribution in [-0.4, -0.2) is 11.0 Å². The number of hydrogen-bond donors (Lipinski definition) is 1. The van der Waals surface area contributed by atoms with E-state index in [9.17, 15) is 0 Å². The van der Waals surface area contributed by atoms with E-state index in [0.717, 1.165) is 0 Å². The molecule has 0 saturated heterocycles. The van der Waals surface area contributed by atoms with Crippen LogP contribution in [0.15, 0.2) is 0 Å². The Balaban J connectivity index is 0. The third-order valence-corrected chi connectivity index (χ3v) is 1.88. The van der Waals surface area contributed by atoms with Crippen molar-refractivity contribution >= 4 is 0 Å². The zero-order chi connectivity index (χ0) is 6.78. The van der Waals surface area contributed by atoms with Gasteiger partial charge in [-0.1, -0.05) is 20.3 Å². The van der Waals surface area contributed by atoms with Gasteiger partial charge in [-0.15, -0.1) is 0 Å². The Kier molecular flexibility index (Phi) is 5.00. The molecule has 1 atom stereocenters. The molecule has 0 fully saturated rings. The molecule has 2 heteroatoms. The van der Waals surface area contributed by atoms with E-state index < -0.39 is 0 Å². The normalized spacial score (nSPS) is 14.3. The van der Waals surface area contributed by atoms with Gasteiger partial charge in [0.1, 0.15) is 0 Å². The van der Waals surface area contributed by atoms with E-state index in [0.29, 0.717) is 5.92 Å². The van der Waals surface area contributed by atoms with Gasteiger partial charge in [-0.2, -0.15) is 0 Å². The Hall–Kier alpha value is -0.0800. The summed E-state index contributed by atoms with van der Waals surface area (Å²) in [7, 11) is 0. The molecule has 0 heterocycles. The highest BCUT2D eigenvalue weighted by Crippen LogP contribution is 2.14. The second kappa shape index (κ2) is 3.85. The minimum absolute atomic E-state index is 0. The van der Waals surface area contributed by atoms with Crippen molar-refractivity contribution in [3.8, 4) is 0 Å². The van der Waals surface area contributed by atoms with Crippen molar-refractivity contribution < 1.29 is 5.48 Å². The van der Waals surface area contributed by atoms with Crippen molar-refractivity contribution in [3.63, 3.8) is 0 Å². The summed E-state index contributed by atoms with van der Waals surface area (Å²) < 4.78 is 0. The Bertz CT molecular complexity index is 65.8. The van der Waals surface area contributed by atoms with Crippen molar-refractivity contribution in [1.29, 1.82) is 0 Å². The number of rotatable bonds is 2.